The third-order valence-corrected chi connectivity index (χ3v) is 6.83. The van der Waals surface area contributed by atoms with Crippen molar-refractivity contribution in [2.75, 3.05) is 13.1 Å². The van der Waals surface area contributed by atoms with Gasteiger partial charge >= 0.3 is 5.97 Å². The number of ether oxygens (including phenoxy) is 2. The number of hydrogen-bond donors (Lipinski definition) is 0. The summed E-state index contributed by atoms with van der Waals surface area (Å²) in [5.41, 5.74) is 2.52. The molecule has 0 atom stereocenters. The van der Waals surface area contributed by atoms with Gasteiger partial charge in [-0.3, -0.25) is 14.3 Å². The van der Waals surface area contributed by atoms with Gasteiger partial charge in [0, 0.05) is 43.2 Å². The first-order chi connectivity index (χ1) is 16.4. The van der Waals surface area contributed by atoms with E-state index in [2.05, 4.69) is 22.9 Å². The van der Waals surface area contributed by atoms with Gasteiger partial charge in [0.2, 0.25) is 0 Å². The van der Waals surface area contributed by atoms with Crippen LogP contribution < -0.4 is 4.74 Å². The third kappa shape index (κ3) is 4.88. The van der Waals surface area contributed by atoms with E-state index >= 15 is 0 Å². The van der Waals surface area contributed by atoms with Crippen molar-refractivity contribution in [3.8, 4) is 27.8 Å². The second kappa shape index (κ2) is 9.40. The van der Waals surface area contributed by atoms with E-state index in [1.54, 1.807) is 35.9 Å². The highest BCUT2D eigenvalue weighted by Gasteiger charge is 2.29. The summed E-state index contributed by atoms with van der Waals surface area (Å²) >= 11 is 1.70. The Morgan fingerprint density at radius 3 is 2.71 bits per heavy atom. The van der Waals surface area contributed by atoms with Crippen LogP contribution >= 0.6 is 11.3 Å². The van der Waals surface area contributed by atoms with Gasteiger partial charge in [-0.1, -0.05) is 18.2 Å². The fourth-order valence-electron chi connectivity index (χ4n) is 3.99. The second-order valence-corrected chi connectivity index (χ2v) is 9.47. The molecule has 0 aliphatic carbocycles. The van der Waals surface area contributed by atoms with Crippen LogP contribution in [0.1, 0.15) is 17.4 Å². The van der Waals surface area contributed by atoms with E-state index in [-0.39, 0.29) is 17.8 Å². The molecule has 34 heavy (non-hydrogen) atoms. The van der Waals surface area contributed by atoms with Crippen LogP contribution in [0.25, 0.3) is 16.3 Å². The molecule has 0 amide bonds. The van der Waals surface area contributed by atoms with Crippen LogP contribution in [-0.4, -0.2) is 39.6 Å². The van der Waals surface area contributed by atoms with Crippen molar-refractivity contribution >= 4 is 17.3 Å². The minimum Gasteiger partial charge on any atom is -0.460 e. The Labute approximate surface area is 201 Å². The summed E-state index contributed by atoms with van der Waals surface area (Å²) in [4.78, 5) is 19.0. The maximum Gasteiger partial charge on any atom is 0.302 e. The zero-order valence-corrected chi connectivity index (χ0v) is 19.7. The van der Waals surface area contributed by atoms with Gasteiger partial charge < -0.3 is 9.47 Å². The van der Waals surface area contributed by atoms with Gasteiger partial charge in [-0.15, -0.1) is 11.3 Å². The molecule has 174 valence electrons. The number of imidazole rings is 1. The summed E-state index contributed by atoms with van der Waals surface area (Å²) in [5.74, 6) is 0.0951. The Morgan fingerprint density at radius 1 is 1.18 bits per heavy atom. The largest absolute Gasteiger partial charge is 0.460 e. The van der Waals surface area contributed by atoms with Crippen LogP contribution in [0.15, 0.2) is 67.1 Å². The summed E-state index contributed by atoms with van der Waals surface area (Å²) in [7, 11) is 0. The van der Waals surface area contributed by atoms with Crippen molar-refractivity contribution in [3.05, 3.63) is 83.4 Å². The lowest BCUT2D eigenvalue weighted by atomic mass is 10.1. The van der Waals surface area contributed by atoms with Crippen LogP contribution in [0.4, 0.5) is 4.39 Å². The number of esters is 1. The number of rotatable bonds is 7. The molecule has 0 saturated carbocycles. The maximum atomic E-state index is 14.7. The molecule has 2 aromatic heterocycles. The number of benzene rings is 2. The molecule has 5 rings (SSSR count). The van der Waals surface area contributed by atoms with Crippen LogP contribution in [-0.2, 0) is 16.1 Å². The molecule has 0 unspecified atom stereocenters. The van der Waals surface area contributed by atoms with Gasteiger partial charge in [0.15, 0.2) is 11.6 Å². The highest BCUT2D eigenvalue weighted by atomic mass is 32.1. The molecule has 2 aromatic carbocycles. The zero-order chi connectivity index (χ0) is 23.7. The number of aryl methyl sites for hydroxylation is 1. The number of hydrogen-bond acceptors (Lipinski definition) is 6. The molecule has 0 radical (unpaired) electrons. The number of halogens is 1. The first kappa shape index (κ1) is 22.3. The molecule has 1 saturated heterocycles. The lowest BCUT2D eigenvalue weighted by molar-refractivity contribution is -0.155. The van der Waals surface area contributed by atoms with Crippen molar-refractivity contribution in [1.82, 2.24) is 14.5 Å². The molecule has 0 spiro atoms. The number of carbonyl (C=O) groups excluding carboxylic acids is 1. The molecule has 1 aliphatic rings. The summed E-state index contributed by atoms with van der Waals surface area (Å²) in [6, 6.07) is 16.2. The van der Waals surface area contributed by atoms with Crippen LogP contribution in [0, 0.1) is 12.7 Å². The van der Waals surface area contributed by atoms with Crippen molar-refractivity contribution in [3.63, 3.8) is 0 Å². The SMILES string of the molecule is CC(=O)OC1CN(Cc2cc(C)c(-n3cnc(-c4ccc(Oc5ccccc5)c(F)c4)c3)s2)C1. The fourth-order valence-corrected chi connectivity index (χ4v) is 5.15. The quantitative estimate of drug-likeness (QED) is 0.325. The Bertz CT molecular complexity index is 1310. The third-order valence-electron chi connectivity index (χ3n) is 5.59. The number of nitrogens with zero attached hydrogens (tertiary/aromatic N) is 3. The first-order valence-electron chi connectivity index (χ1n) is 11.0. The van der Waals surface area contributed by atoms with Crippen LogP contribution in [0.5, 0.6) is 11.5 Å². The molecule has 0 bridgehead atoms. The maximum absolute atomic E-state index is 14.7. The Balaban J connectivity index is 1.27. The minimum atomic E-state index is -0.438. The second-order valence-electron chi connectivity index (χ2n) is 8.35. The van der Waals surface area contributed by atoms with Gasteiger partial charge in [-0.25, -0.2) is 9.37 Å². The van der Waals surface area contributed by atoms with Crippen molar-refractivity contribution in [1.29, 1.82) is 0 Å². The van der Waals surface area contributed by atoms with Gasteiger partial charge in [-0.05, 0) is 48.9 Å². The monoisotopic (exact) mass is 477 g/mol. The first-order valence-corrected chi connectivity index (χ1v) is 11.8. The zero-order valence-electron chi connectivity index (χ0n) is 18.9. The van der Waals surface area contributed by atoms with Gasteiger partial charge in [-0.2, -0.15) is 0 Å². The lowest BCUT2D eigenvalue weighted by Gasteiger charge is -2.37. The summed E-state index contributed by atoms with van der Waals surface area (Å²) in [6.45, 7) is 5.85. The van der Waals surface area contributed by atoms with E-state index in [0.29, 0.717) is 17.0 Å². The van der Waals surface area contributed by atoms with Gasteiger partial charge in [0.25, 0.3) is 0 Å². The van der Waals surface area contributed by atoms with Crippen molar-refractivity contribution in [2.24, 2.45) is 0 Å². The normalized spacial score (nSPS) is 14.1. The molecule has 1 aliphatic heterocycles. The summed E-state index contributed by atoms with van der Waals surface area (Å²) in [5, 5.41) is 1.08. The number of aromatic nitrogens is 2. The van der Waals surface area contributed by atoms with E-state index in [0.717, 1.165) is 30.2 Å². The predicted molar refractivity (Wildman–Crippen MR) is 129 cm³/mol. The summed E-state index contributed by atoms with van der Waals surface area (Å²) in [6.07, 6.45) is 3.67. The smallest absolute Gasteiger partial charge is 0.302 e. The average molecular weight is 478 g/mol. The van der Waals surface area contributed by atoms with Crippen LogP contribution in [0.3, 0.4) is 0 Å². The number of likely N-dealkylation sites (tertiary alicyclic amines) is 1. The Hall–Kier alpha value is -3.49. The average Bonchev–Trinajstić information content (AvgIpc) is 3.41. The lowest BCUT2D eigenvalue weighted by Crippen LogP contribution is -2.51. The number of para-hydroxylation sites is 1. The molecule has 3 heterocycles. The minimum absolute atomic E-state index is 0.000821. The molecule has 8 heteroatoms. The van der Waals surface area contributed by atoms with E-state index in [1.807, 2.05) is 35.0 Å². The summed E-state index contributed by atoms with van der Waals surface area (Å²) < 4.78 is 27.5. The molecule has 1 fully saturated rings. The standard InChI is InChI=1S/C26H24FN3O3S/c1-17-10-22(14-29-12-21(13-29)32-18(2)31)34-26(17)30-15-24(28-16-30)19-8-9-25(23(27)11-19)33-20-6-4-3-5-7-20/h3-11,15-16,21H,12-14H2,1-2H3. The molecular weight excluding hydrogens is 453 g/mol. The number of carbonyl (C=O) groups is 1. The van der Waals surface area contributed by atoms with E-state index in [1.165, 1.54) is 17.9 Å². The van der Waals surface area contributed by atoms with Crippen molar-refractivity contribution < 1.29 is 18.7 Å². The van der Waals surface area contributed by atoms with Crippen molar-refractivity contribution in [2.45, 2.75) is 26.5 Å². The van der Waals surface area contributed by atoms with Gasteiger partial charge in [0.1, 0.15) is 23.2 Å². The van der Waals surface area contributed by atoms with E-state index in [4.69, 9.17) is 9.47 Å². The van der Waals surface area contributed by atoms with E-state index in [9.17, 15) is 9.18 Å². The Morgan fingerprint density at radius 2 is 1.97 bits per heavy atom. The van der Waals surface area contributed by atoms with Crippen LogP contribution in [0.2, 0.25) is 0 Å². The highest BCUT2D eigenvalue weighted by Crippen LogP contribution is 2.31. The highest BCUT2D eigenvalue weighted by molar-refractivity contribution is 7.14. The van der Waals surface area contributed by atoms with Gasteiger partial charge in [0.05, 0.1) is 5.69 Å². The fraction of sp³-hybridized carbons (Fsp3) is 0.231. The molecule has 6 nitrogen and oxygen atoms in total. The topological polar surface area (TPSA) is 56.6 Å². The molecule has 0 N–H and O–H groups in total. The molecular formula is C26H24FN3O3S. The predicted octanol–water partition coefficient (Wildman–Crippen LogP) is 5.59. The Kier molecular flexibility index (Phi) is 6.17. The molecule has 4 aromatic rings. The van der Waals surface area contributed by atoms with E-state index < -0.39 is 5.82 Å². The number of thiophene rings is 1.